The summed E-state index contributed by atoms with van der Waals surface area (Å²) in [6, 6.07) is 17.9. The molecule has 1 aliphatic carbocycles. The lowest BCUT2D eigenvalue weighted by atomic mass is 9.98. The van der Waals surface area contributed by atoms with E-state index in [9.17, 15) is 19.5 Å². The molecule has 1 aliphatic rings. The van der Waals surface area contributed by atoms with Crippen molar-refractivity contribution in [1.82, 2.24) is 10.3 Å². The third-order valence-electron chi connectivity index (χ3n) is 5.83. The molecule has 4 rings (SSSR count). The van der Waals surface area contributed by atoms with Gasteiger partial charge in [0.1, 0.15) is 24.1 Å². The SMILES string of the molecule is CC(C)(C)OC(=O)Nc1ccc(C[C@@H](NC(=O)OCC2c3ccccc3-c3ccccc32)C(=O)O)cn1. The number of ether oxygens (including phenoxy) is 2. The van der Waals surface area contributed by atoms with E-state index in [-0.39, 0.29) is 24.8 Å². The number of aromatic nitrogens is 1. The summed E-state index contributed by atoms with van der Waals surface area (Å²) in [4.78, 5) is 40.4. The van der Waals surface area contributed by atoms with Crippen LogP contribution in [0, 0.1) is 0 Å². The largest absolute Gasteiger partial charge is 0.480 e. The van der Waals surface area contributed by atoms with Crippen molar-refractivity contribution in [3.05, 3.63) is 83.6 Å². The molecule has 0 aliphatic heterocycles. The fourth-order valence-corrected chi connectivity index (χ4v) is 4.25. The van der Waals surface area contributed by atoms with Gasteiger partial charge < -0.3 is 19.9 Å². The van der Waals surface area contributed by atoms with E-state index in [0.29, 0.717) is 5.56 Å². The Labute approximate surface area is 214 Å². The van der Waals surface area contributed by atoms with Gasteiger partial charge in [-0.3, -0.25) is 5.32 Å². The highest BCUT2D eigenvalue weighted by atomic mass is 16.6. The lowest BCUT2D eigenvalue weighted by Gasteiger charge is -2.19. The van der Waals surface area contributed by atoms with Crippen LogP contribution in [0.25, 0.3) is 11.1 Å². The molecule has 37 heavy (non-hydrogen) atoms. The molecule has 2 amide bonds. The normalized spacial score (nSPS) is 13.2. The number of aliphatic carboxylic acids is 1. The van der Waals surface area contributed by atoms with E-state index < -0.39 is 29.8 Å². The third kappa shape index (κ3) is 6.43. The van der Waals surface area contributed by atoms with Crippen molar-refractivity contribution in [3.63, 3.8) is 0 Å². The number of benzene rings is 2. The molecule has 1 heterocycles. The number of alkyl carbamates (subject to hydrolysis) is 1. The summed E-state index contributed by atoms with van der Waals surface area (Å²) in [6.45, 7) is 5.33. The van der Waals surface area contributed by atoms with Crippen molar-refractivity contribution >= 4 is 24.0 Å². The van der Waals surface area contributed by atoms with Gasteiger partial charge in [0.15, 0.2) is 0 Å². The zero-order chi connectivity index (χ0) is 26.6. The van der Waals surface area contributed by atoms with Crippen molar-refractivity contribution in [3.8, 4) is 11.1 Å². The average molecular weight is 504 g/mol. The molecule has 192 valence electrons. The van der Waals surface area contributed by atoms with Gasteiger partial charge >= 0.3 is 18.2 Å². The Balaban J connectivity index is 1.34. The Kier molecular flexibility index (Phi) is 7.42. The first-order valence-corrected chi connectivity index (χ1v) is 11.9. The summed E-state index contributed by atoms with van der Waals surface area (Å²) in [5, 5.41) is 14.6. The van der Waals surface area contributed by atoms with E-state index in [0.717, 1.165) is 22.3 Å². The topological polar surface area (TPSA) is 127 Å². The fourth-order valence-electron chi connectivity index (χ4n) is 4.25. The maximum atomic E-state index is 12.5. The summed E-state index contributed by atoms with van der Waals surface area (Å²) in [5.41, 5.74) is 4.25. The minimum atomic E-state index is -1.22. The molecule has 0 unspecified atom stereocenters. The first kappa shape index (κ1) is 25.7. The lowest BCUT2D eigenvalue weighted by Crippen LogP contribution is -2.42. The summed E-state index contributed by atoms with van der Waals surface area (Å²) >= 11 is 0. The van der Waals surface area contributed by atoms with Crippen LogP contribution in [0.1, 0.15) is 43.4 Å². The van der Waals surface area contributed by atoms with Gasteiger partial charge in [0.05, 0.1) is 0 Å². The minimum Gasteiger partial charge on any atom is -0.480 e. The maximum absolute atomic E-state index is 12.5. The van der Waals surface area contributed by atoms with Gasteiger partial charge in [-0.15, -0.1) is 0 Å². The van der Waals surface area contributed by atoms with Crippen molar-refractivity contribution < 1.29 is 29.0 Å². The van der Waals surface area contributed by atoms with Crippen LogP contribution in [0.4, 0.5) is 15.4 Å². The van der Waals surface area contributed by atoms with Crippen molar-refractivity contribution in [1.29, 1.82) is 0 Å². The van der Waals surface area contributed by atoms with Gasteiger partial charge in [0.25, 0.3) is 0 Å². The van der Waals surface area contributed by atoms with E-state index in [4.69, 9.17) is 9.47 Å². The van der Waals surface area contributed by atoms with Crippen molar-refractivity contribution in [2.75, 3.05) is 11.9 Å². The molecule has 0 bridgehead atoms. The van der Waals surface area contributed by atoms with Gasteiger partial charge in [-0.05, 0) is 54.7 Å². The molecule has 2 aromatic carbocycles. The zero-order valence-corrected chi connectivity index (χ0v) is 20.9. The standard InChI is InChI=1S/C28H29N3O6/c1-28(2,3)37-27(35)31-24-13-12-17(15-29-24)14-23(25(32)33)30-26(34)36-16-22-20-10-6-4-8-18(20)19-9-5-7-11-21(19)22/h4-13,15,22-23H,14,16H2,1-3H3,(H,30,34)(H,32,33)(H,29,31,35)/t23-/m1/s1. The van der Waals surface area contributed by atoms with Crippen LogP contribution in [0.15, 0.2) is 66.9 Å². The van der Waals surface area contributed by atoms with Crippen LogP contribution in [0.5, 0.6) is 0 Å². The second-order valence-corrected chi connectivity index (χ2v) is 9.74. The predicted octanol–water partition coefficient (Wildman–Crippen LogP) is 4.96. The number of carbonyl (C=O) groups is 3. The number of rotatable bonds is 7. The molecular formula is C28H29N3O6. The molecule has 1 atom stereocenters. The number of pyridine rings is 1. The number of amides is 2. The molecular weight excluding hydrogens is 474 g/mol. The molecule has 9 nitrogen and oxygen atoms in total. The van der Waals surface area contributed by atoms with Gasteiger partial charge in [-0.25, -0.2) is 19.4 Å². The molecule has 1 aromatic heterocycles. The van der Waals surface area contributed by atoms with Crippen LogP contribution in [0.3, 0.4) is 0 Å². The Morgan fingerprint density at radius 2 is 1.57 bits per heavy atom. The maximum Gasteiger partial charge on any atom is 0.413 e. The Hall–Kier alpha value is -4.40. The Bertz CT molecular complexity index is 1250. The van der Waals surface area contributed by atoms with Crippen LogP contribution in [-0.2, 0) is 20.7 Å². The second-order valence-electron chi connectivity index (χ2n) is 9.74. The number of carboxylic acids is 1. The molecule has 3 N–H and O–H groups in total. The van der Waals surface area contributed by atoms with E-state index in [1.54, 1.807) is 26.8 Å². The lowest BCUT2D eigenvalue weighted by molar-refractivity contribution is -0.139. The Morgan fingerprint density at radius 3 is 2.11 bits per heavy atom. The summed E-state index contributed by atoms with van der Waals surface area (Å²) < 4.78 is 10.7. The van der Waals surface area contributed by atoms with Gasteiger partial charge in [-0.1, -0.05) is 54.6 Å². The first-order valence-electron chi connectivity index (χ1n) is 11.9. The van der Waals surface area contributed by atoms with Crippen LogP contribution < -0.4 is 10.6 Å². The number of hydrogen-bond acceptors (Lipinski definition) is 6. The second kappa shape index (κ2) is 10.7. The van der Waals surface area contributed by atoms with Crippen LogP contribution in [-0.4, -0.2) is 46.5 Å². The van der Waals surface area contributed by atoms with Crippen molar-refractivity contribution in [2.24, 2.45) is 0 Å². The number of nitrogens with one attached hydrogen (secondary N) is 2. The number of anilines is 1. The molecule has 0 fully saturated rings. The number of carbonyl (C=O) groups excluding carboxylic acids is 2. The predicted molar refractivity (Wildman–Crippen MR) is 137 cm³/mol. The average Bonchev–Trinajstić information content (AvgIpc) is 3.16. The molecule has 0 saturated carbocycles. The van der Waals surface area contributed by atoms with Crippen molar-refractivity contribution in [2.45, 2.75) is 44.8 Å². The minimum absolute atomic E-state index is 0.0146. The highest BCUT2D eigenvalue weighted by Crippen LogP contribution is 2.44. The zero-order valence-electron chi connectivity index (χ0n) is 20.9. The summed E-state index contributed by atoms with van der Waals surface area (Å²) in [7, 11) is 0. The van der Waals surface area contributed by atoms with Gasteiger partial charge in [0.2, 0.25) is 0 Å². The van der Waals surface area contributed by atoms with E-state index in [2.05, 4.69) is 15.6 Å². The number of hydrogen-bond donors (Lipinski definition) is 3. The number of carboxylic acid groups (broad SMARTS) is 1. The van der Waals surface area contributed by atoms with Crippen LogP contribution >= 0.6 is 0 Å². The van der Waals surface area contributed by atoms with E-state index >= 15 is 0 Å². The smallest absolute Gasteiger partial charge is 0.413 e. The van der Waals surface area contributed by atoms with Gasteiger partial charge in [-0.2, -0.15) is 0 Å². The number of fused-ring (bicyclic) bond motifs is 3. The van der Waals surface area contributed by atoms with Gasteiger partial charge in [0, 0.05) is 18.5 Å². The fraction of sp³-hybridized carbons (Fsp3) is 0.286. The van der Waals surface area contributed by atoms with Crippen LogP contribution in [0.2, 0.25) is 0 Å². The molecule has 0 saturated heterocycles. The highest BCUT2D eigenvalue weighted by molar-refractivity contribution is 5.84. The monoisotopic (exact) mass is 503 g/mol. The van der Waals surface area contributed by atoms with E-state index in [1.165, 1.54) is 12.3 Å². The highest BCUT2D eigenvalue weighted by Gasteiger charge is 2.30. The summed E-state index contributed by atoms with van der Waals surface area (Å²) in [6.07, 6.45) is -0.0418. The summed E-state index contributed by atoms with van der Waals surface area (Å²) in [5.74, 6) is -1.07. The molecule has 3 aromatic rings. The number of nitrogens with zero attached hydrogens (tertiary/aromatic N) is 1. The molecule has 9 heteroatoms. The molecule has 0 radical (unpaired) electrons. The third-order valence-corrected chi connectivity index (χ3v) is 5.83. The quantitative estimate of drug-likeness (QED) is 0.416. The Morgan fingerprint density at radius 1 is 0.946 bits per heavy atom. The molecule has 0 spiro atoms. The first-order chi connectivity index (χ1) is 17.6. The van der Waals surface area contributed by atoms with E-state index in [1.807, 2.05) is 48.5 Å².